The molecule has 0 unspecified atom stereocenters. The average Bonchev–Trinajstić information content (AvgIpc) is 2.54. The predicted molar refractivity (Wildman–Crippen MR) is 39.1 cm³/mol. The van der Waals surface area contributed by atoms with Gasteiger partial charge in [0.2, 0.25) is 0 Å². The van der Waals surface area contributed by atoms with Gasteiger partial charge in [-0.25, -0.2) is 9.07 Å². The molecule has 0 amide bonds. The Kier molecular flexibility index (Phi) is 1.55. The molecule has 2 heterocycles. The van der Waals surface area contributed by atoms with Crippen LogP contribution in [0.15, 0.2) is 30.7 Å². The lowest BCUT2D eigenvalue weighted by Gasteiger charge is -1.94. The van der Waals surface area contributed by atoms with E-state index in [0.29, 0.717) is 5.82 Å². The van der Waals surface area contributed by atoms with E-state index < -0.39 is 0 Å². The molecule has 2 aromatic heterocycles. The molecular weight excluding hydrogens is 159 g/mol. The number of hydrogen-bond donors (Lipinski definition) is 0. The van der Waals surface area contributed by atoms with E-state index in [9.17, 15) is 4.39 Å². The molecule has 0 fully saturated rings. The zero-order valence-electron chi connectivity index (χ0n) is 6.05. The van der Waals surface area contributed by atoms with E-state index in [1.807, 2.05) is 0 Å². The summed E-state index contributed by atoms with van der Waals surface area (Å²) >= 11 is 0. The summed E-state index contributed by atoms with van der Waals surface area (Å²) in [5, 5.41) is 11.1. The van der Waals surface area contributed by atoms with Crippen LogP contribution in [0.2, 0.25) is 0 Å². The molecule has 0 bridgehead atoms. The quantitative estimate of drug-likeness (QED) is 0.626. The fraction of sp³-hybridized carbons (Fsp3) is 0. The minimum absolute atomic E-state index is 0.388. The second kappa shape index (κ2) is 2.69. The van der Waals surface area contributed by atoms with Crippen molar-refractivity contribution in [1.29, 1.82) is 0 Å². The van der Waals surface area contributed by atoms with Crippen LogP contribution < -0.4 is 0 Å². The van der Waals surface area contributed by atoms with Gasteiger partial charge in [0.1, 0.15) is 0 Å². The molecule has 0 aromatic carbocycles. The Hall–Kier alpha value is -1.78. The van der Waals surface area contributed by atoms with E-state index in [-0.39, 0.29) is 5.82 Å². The minimum atomic E-state index is -0.388. The van der Waals surface area contributed by atoms with Crippen molar-refractivity contribution in [2.45, 2.75) is 0 Å². The molecule has 4 nitrogen and oxygen atoms in total. The molecule has 0 atom stereocenters. The lowest BCUT2D eigenvalue weighted by Crippen LogP contribution is -1.97. The molecule has 0 N–H and O–H groups in total. The van der Waals surface area contributed by atoms with Crippen LogP contribution in [0.3, 0.4) is 0 Å². The van der Waals surface area contributed by atoms with Crippen LogP contribution in [-0.2, 0) is 0 Å². The first-order chi connectivity index (χ1) is 5.86. The van der Waals surface area contributed by atoms with Crippen LogP contribution in [0.5, 0.6) is 0 Å². The lowest BCUT2D eigenvalue weighted by molar-refractivity contribution is 0.626. The van der Waals surface area contributed by atoms with E-state index in [1.165, 1.54) is 10.9 Å². The van der Waals surface area contributed by atoms with E-state index in [0.717, 1.165) is 6.20 Å². The molecule has 5 heteroatoms. The van der Waals surface area contributed by atoms with Gasteiger partial charge in [-0.1, -0.05) is 0 Å². The summed E-state index contributed by atoms with van der Waals surface area (Å²) in [6.45, 7) is 0. The van der Waals surface area contributed by atoms with E-state index in [4.69, 9.17) is 0 Å². The Bertz CT molecular complexity index is 370. The number of nitrogens with zero attached hydrogens (tertiary/aromatic N) is 4. The van der Waals surface area contributed by atoms with Crippen LogP contribution in [0.4, 0.5) is 4.39 Å². The van der Waals surface area contributed by atoms with Gasteiger partial charge in [-0.2, -0.15) is 10.2 Å². The second-order valence-electron chi connectivity index (χ2n) is 2.18. The maximum absolute atomic E-state index is 12.5. The van der Waals surface area contributed by atoms with Crippen LogP contribution in [-0.4, -0.2) is 20.0 Å². The van der Waals surface area contributed by atoms with E-state index in [2.05, 4.69) is 15.3 Å². The van der Waals surface area contributed by atoms with Gasteiger partial charge in [0.25, 0.3) is 0 Å². The Balaban J connectivity index is 2.45. The summed E-state index contributed by atoms with van der Waals surface area (Å²) in [6.07, 6.45) is 3.90. The highest BCUT2D eigenvalue weighted by molar-refractivity contribution is 5.17. The van der Waals surface area contributed by atoms with E-state index >= 15 is 0 Å². The molecule has 2 rings (SSSR count). The van der Waals surface area contributed by atoms with Crippen molar-refractivity contribution in [3.63, 3.8) is 0 Å². The normalized spacial score (nSPS) is 10.1. The summed E-state index contributed by atoms with van der Waals surface area (Å²) in [6, 6.07) is 3.40. The molecule has 0 saturated carbocycles. The van der Waals surface area contributed by atoms with Crippen LogP contribution in [0.1, 0.15) is 0 Å². The van der Waals surface area contributed by atoms with Gasteiger partial charge in [0.05, 0.1) is 12.4 Å². The second-order valence-corrected chi connectivity index (χ2v) is 2.18. The van der Waals surface area contributed by atoms with Crippen molar-refractivity contribution in [1.82, 2.24) is 20.0 Å². The van der Waals surface area contributed by atoms with Crippen LogP contribution >= 0.6 is 0 Å². The van der Waals surface area contributed by atoms with Gasteiger partial charge in [0, 0.05) is 6.20 Å². The molecule has 0 saturated heterocycles. The van der Waals surface area contributed by atoms with E-state index in [1.54, 1.807) is 18.3 Å². The molecule has 12 heavy (non-hydrogen) atoms. The van der Waals surface area contributed by atoms with Gasteiger partial charge in [-0.3, -0.25) is 0 Å². The Labute approximate surface area is 67.7 Å². The zero-order valence-corrected chi connectivity index (χ0v) is 6.05. The molecule has 0 radical (unpaired) electrons. The monoisotopic (exact) mass is 164 g/mol. The van der Waals surface area contributed by atoms with Gasteiger partial charge < -0.3 is 0 Å². The van der Waals surface area contributed by atoms with Gasteiger partial charge in [-0.15, -0.1) is 5.10 Å². The Morgan fingerprint density at radius 2 is 2.33 bits per heavy atom. The molecule has 0 aliphatic heterocycles. The third-order valence-corrected chi connectivity index (χ3v) is 1.34. The van der Waals surface area contributed by atoms with Crippen molar-refractivity contribution in [2.75, 3.05) is 0 Å². The lowest BCUT2D eigenvalue weighted by atomic mass is 10.5. The summed E-state index contributed by atoms with van der Waals surface area (Å²) in [4.78, 5) is 0. The number of rotatable bonds is 1. The summed E-state index contributed by atoms with van der Waals surface area (Å²) in [5.41, 5.74) is 0. The largest absolute Gasteiger partial charge is 0.218 e. The Morgan fingerprint density at radius 1 is 1.42 bits per heavy atom. The van der Waals surface area contributed by atoms with Gasteiger partial charge in [0.15, 0.2) is 11.6 Å². The smallest absolute Gasteiger partial charge is 0.175 e. The molecule has 0 aliphatic carbocycles. The van der Waals surface area contributed by atoms with Gasteiger partial charge >= 0.3 is 0 Å². The maximum atomic E-state index is 12.5. The minimum Gasteiger partial charge on any atom is -0.218 e. The van der Waals surface area contributed by atoms with Crippen molar-refractivity contribution in [3.8, 4) is 5.82 Å². The van der Waals surface area contributed by atoms with Crippen molar-refractivity contribution in [3.05, 3.63) is 36.5 Å². The van der Waals surface area contributed by atoms with Crippen LogP contribution in [0, 0.1) is 5.82 Å². The number of hydrogen-bond acceptors (Lipinski definition) is 3. The average molecular weight is 164 g/mol. The molecule has 0 spiro atoms. The highest BCUT2D eigenvalue weighted by atomic mass is 19.1. The number of aromatic nitrogens is 4. The fourth-order valence-corrected chi connectivity index (χ4v) is 0.842. The van der Waals surface area contributed by atoms with Crippen molar-refractivity contribution < 1.29 is 4.39 Å². The summed E-state index contributed by atoms with van der Waals surface area (Å²) < 4.78 is 13.8. The SMILES string of the molecule is Fc1cnn(-c2cccnn2)c1. The standard InChI is InChI=1S/C7H5FN4/c8-6-4-10-12(5-6)7-2-1-3-9-11-7/h1-5H. The first-order valence-electron chi connectivity index (χ1n) is 3.34. The molecule has 60 valence electrons. The molecular formula is C7H5FN4. The molecule has 0 aliphatic rings. The third kappa shape index (κ3) is 1.16. The first kappa shape index (κ1) is 6.90. The first-order valence-corrected chi connectivity index (χ1v) is 3.34. The van der Waals surface area contributed by atoms with Crippen LogP contribution in [0.25, 0.3) is 5.82 Å². The zero-order chi connectivity index (χ0) is 8.39. The maximum Gasteiger partial charge on any atom is 0.175 e. The predicted octanol–water partition coefficient (Wildman–Crippen LogP) is 0.801. The van der Waals surface area contributed by atoms with Crippen molar-refractivity contribution >= 4 is 0 Å². The highest BCUT2D eigenvalue weighted by Gasteiger charge is 1.99. The third-order valence-electron chi connectivity index (χ3n) is 1.34. The fourth-order valence-electron chi connectivity index (χ4n) is 0.842. The molecule has 2 aromatic rings. The highest BCUT2D eigenvalue weighted by Crippen LogP contribution is 2.01. The topological polar surface area (TPSA) is 43.6 Å². The Morgan fingerprint density at radius 3 is 2.92 bits per heavy atom. The van der Waals surface area contributed by atoms with Crippen molar-refractivity contribution in [2.24, 2.45) is 0 Å². The summed E-state index contributed by atoms with van der Waals surface area (Å²) in [7, 11) is 0. The number of halogens is 1. The summed E-state index contributed by atoms with van der Waals surface area (Å²) in [5.74, 6) is 0.113. The van der Waals surface area contributed by atoms with Gasteiger partial charge in [-0.05, 0) is 12.1 Å².